The predicted molar refractivity (Wildman–Crippen MR) is 81.2 cm³/mol. The highest BCUT2D eigenvalue weighted by atomic mass is 127. The molecule has 1 aromatic carbocycles. The number of halogens is 2. The van der Waals surface area contributed by atoms with Crippen LogP contribution in [0.25, 0.3) is 11.0 Å². The summed E-state index contributed by atoms with van der Waals surface area (Å²) in [5.41, 5.74) is 1.20. The number of aromatic nitrogens is 2. The summed E-state index contributed by atoms with van der Waals surface area (Å²) in [4.78, 5) is 26.1. The van der Waals surface area contributed by atoms with E-state index >= 15 is 0 Å². The number of H-pyrrole nitrogens is 1. The van der Waals surface area contributed by atoms with Gasteiger partial charge in [0.1, 0.15) is 11.9 Å². The quantitative estimate of drug-likeness (QED) is 0.435. The minimum atomic E-state index is -0.589. The number of carbonyl (C=O) groups is 2. The Kier molecular flexibility index (Phi) is 3.36. The summed E-state index contributed by atoms with van der Waals surface area (Å²) < 4.78 is 16.1. The van der Waals surface area contributed by atoms with Crippen molar-refractivity contribution in [3.05, 3.63) is 26.3 Å². The van der Waals surface area contributed by atoms with Gasteiger partial charge in [-0.05, 0) is 47.3 Å². The number of hydrogen-bond donors (Lipinski definition) is 2. The van der Waals surface area contributed by atoms with Crippen LogP contribution >= 0.6 is 34.8 Å². The van der Waals surface area contributed by atoms with Gasteiger partial charge in [0.2, 0.25) is 11.8 Å². The number of fused-ring (bicyclic) bond motifs is 1. The highest BCUT2D eigenvalue weighted by molar-refractivity contribution is 14.1. The molecule has 0 radical (unpaired) electrons. The van der Waals surface area contributed by atoms with Gasteiger partial charge in [-0.2, -0.15) is 0 Å². The third-order valence-corrected chi connectivity index (χ3v) is 4.41. The molecule has 1 saturated heterocycles. The zero-order valence-corrected chi connectivity index (χ0v) is 13.0. The Hall–Kier alpha value is -1.29. The number of amides is 2. The van der Waals surface area contributed by atoms with E-state index in [-0.39, 0.29) is 18.1 Å². The smallest absolute Gasteiger partial charge is 0.249 e. The van der Waals surface area contributed by atoms with Crippen molar-refractivity contribution < 1.29 is 14.0 Å². The average Bonchev–Trinajstić information content (AvgIpc) is 2.66. The van der Waals surface area contributed by atoms with Crippen LogP contribution in [0.15, 0.2) is 12.1 Å². The van der Waals surface area contributed by atoms with E-state index < -0.39 is 11.9 Å². The molecule has 20 heavy (non-hydrogen) atoms. The number of nitrogens with zero attached hydrogens (tertiary/aromatic N) is 1. The van der Waals surface area contributed by atoms with E-state index in [0.29, 0.717) is 25.8 Å². The average molecular weight is 405 g/mol. The second kappa shape index (κ2) is 4.92. The molecular formula is C12H9FIN3O2S. The van der Waals surface area contributed by atoms with E-state index in [1.165, 1.54) is 6.07 Å². The molecule has 2 aromatic rings. The molecule has 1 fully saturated rings. The van der Waals surface area contributed by atoms with Gasteiger partial charge in [0.15, 0.2) is 4.77 Å². The summed E-state index contributed by atoms with van der Waals surface area (Å²) in [6, 6.07) is 2.41. The molecule has 1 aliphatic heterocycles. The molecular weight excluding hydrogens is 396 g/mol. The number of nitrogens with one attached hydrogen (secondary N) is 2. The number of piperidine rings is 1. The van der Waals surface area contributed by atoms with Gasteiger partial charge >= 0.3 is 0 Å². The number of imidazole rings is 1. The highest BCUT2D eigenvalue weighted by Crippen LogP contribution is 2.27. The Balaban J connectivity index is 2.18. The molecule has 104 valence electrons. The summed E-state index contributed by atoms with van der Waals surface area (Å²) in [5.74, 6) is -1.07. The number of aromatic amines is 1. The zero-order valence-electron chi connectivity index (χ0n) is 10.1. The number of benzene rings is 1. The molecule has 1 unspecified atom stereocenters. The van der Waals surface area contributed by atoms with Crippen LogP contribution in [0.4, 0.5) is 4.39 Å². The molecule has 1 atom stereocenters. The van der Waals surface area contributed by atoms with Gasteiger partial charge in [-0.15, -0.1) is 0 Å². The van der Waals surface area contributed by atoms with Crippen LogP contribution in [-0.2, 0) is 9.59 Å². The zero-order chi connectivity index (χ0) is 14.4. The van der Waals surface area contributed by atoms with Gasteiger partial charge in [0, 0.05) is 12.5 Å². The fourth-order valence-electron chi connectivity index (χ4n) is 2.36. The van der Waals surface area contributed by atoms with E-state index in [4.69, 9.17) is 12.2 Å². The lowest BCUT2D eigenvalue weighted by atomic mass is 10.1. The molecule has 8 heteroatoms. The predicted octanol–water partition coefficient (Wildman–Crippen LogP) is 2.42. The van der Waals surface area contributed by atoms with Crippen molar-refractivity contribution in [1.29, 1.82) is 0 Å². The van der Waals surface area contributed by atoms with Crippen LogP contribution in [0.2, 0.25) is 0 Å². The van der Waals surface area contributed by atoms with Crippen molar-refractivity contribution in [1.82, 2.24) is 14.9 Å². The first-order valence-corrected chi connectivity index (χ1v) is 7.39. The van der Waals surface area contributed by atoms with Gasteiger partial charge in [-0.3, -0.25) is 14.9 Å². The molecule has 0 saturated carbocycles. The lowest BCUT2D eigenvalue weighted by Gasteiger charge is -2.22. The second-order valence-corrected chi connectivity index (χ2v) is 6.10. The van der Waals surface area contributed by atoms with Crippen molar-refractivity contribution in [3.8, 4) is 0 Å². The van der Waals surface area contributed by atoms with Crippen LogP contribution < -0.4 is 5.32 Å². The van der Waals surface area contributed by atoms with E-state index in [0.717, 1.165) is 0 Å². The van der Waals surface area contributed by atoms with Crippen LogP contribution in [0.1, 0.15) is 18.9 Å². The van der Waals surface area contributed by atoms with Crippen molar-refractivity contribution in [2.24, 2.45) is 0 Å². The lowest BCUT2D eigenvalue weighted by molar-refractivity contribution is -0.135. The highest BCUT2D eigenvalue weighted by Gasteiger charge is 2.29. The Bertz CT molecular complexity index is 798. The van der Waals surface area contributed by atoms with E-state index in [1.807, 2.05) is 22.6 Å². The Labute approximate surface area is 131 Å². The molecule has 2 N–H and O–H groups in total. The molecule has 1 aliphatic rings. The van der Waals surface area contributed by atoms with Crippen LogP contribution in [-0.4, -0.2) is 21.4 Å². The molecule has 3 rings (SSSR count). The fourth-order valence-corrected chi connectivity index (χ4v) is 3.16. The normalized spacial score (nSPS) is 19.4. The molecule has 2 heterocycles. The van der Waals surface area contributed by atoms with Gasteiger partial charge < -0.3 is 9.55 Å². The van der Waals surface area contributed by atoms with Crippen molar-refractivity contribution in [2.45, 2.75) is 18.9 Å². The Morgan fingerprint density at radius 3 is 2.85 bits per heavy atom. The molecule has 0 aliphatic carbocycles. The molecule has 5 nitrogen and oxygen atoms in total. The molecule has 0 bridgehead atoms. The topological polar surface area (TPSA) is 66.9 Å². The minimum absolute atomic E-state index is 0.248. The van der Waals surface area contributed by atoms with Crippen LogP contribution in [0, 0.1) is 14.2 Å². The van der Waals surface area contributed by atoms with Crippen molar-refractivity contribution in [3.63, 3.8) is 0 Å². The number of hydrogen-bond acceptors (Lipinski definition) is 3. The second-order valence-electron chi connectivity index (χ2n) is 4.55. The van der Waals surface area contributed by atoms with Crippen molar-refractivity contribution >= 4 is 57.7 Å². The number of carbonyl (C=O) groups excluding carboxylic acids is 2. The lowest BCUT2D eigenvalue weighted by Crippen LogP contribution is -2.41. The minimum Gasteiger partial charge on any atom is -0.331 e. The monoisotopic (exact) mass is 405 g/mol. The van der Waals surface area contributed by atoms with Crippen LogP contribution in [0.5, 0.6) is 0 Å². The van der Waals surface area contributed by atoms with E-state index in [1.54, 1.807) is 10.6 Å². The summed E-state index contributed by atoms with van der Waals surface area (Å²) >= 11 is 7.11. The fraction of sp³-hybridized carbons (Fsp3) is 0.250. The summed E-state index contributed by atoms with van der Waals surface area (Å²) in [7, 11) is 0. The largest absolute Gasteiger partial charge is 0.331 e. The maximum Gasteiger partial charge on any atom is 0.249 e. The van der Waals surface area contributed by atoms with Crippen LogP contribution in [0.3, 0.4) is 0 Å². The summed E-state index contributed by atoms with van der Waals surface area (Å²) in [5, 5.41) is 2.28. The summed E-state index contributed by atoms with van der Waals surface area (Å²) in [6.07, 6.45) is 0.608. The third kappa shape index (κ3) is 2.16. The maximum absolute atomic E-state index is 13.7. The Morgan fingerprint density at radius 2 is 2.15 bits per heavy atom. The standard InChI is InChI=1S/C12H9FIN3O2S/c13-5-3-9-7(4-6(5)14)15-12(20)17(9)8-1-2-10(18)16-11(8)19/h3-4,8H,1-2H2,(H,15,20)(H,16,18,19). The summed E-state index contributed by atoms with van der Waals surface area (Å²) in [6.45, 7) is 0. The van der Waals surface area contributed by atoms with Gasteiger partial charge in [0.05, 0.1) is 14.6 Å². The third-order valence-electron chi connectivity index (χ3n) is 3.28. The van der Waals surface area contributed by atoms with Crippen molar-refractivity contribution in [2.75, 3.05) is 0 Å². The van der Waals surface area contributed by atoms with Gasteiger partial charge in [-0.25, -0.2) is 4.39 Å². The first-order chi connectivity index (χ1) is 9.47. The van der Waals surface area contributed by atoms with Gasteiger partial charge in [0.25, 0.3) is 0 Å². The number of imide groups is 1. The maximum atomic E-state index is 13.7. The van der Waals surface area contributed by atoms with Gasteiger partial charge in [-0.1, -0.05) is 0 Å². The first kappa shape index (κ1) is 13.7. The number of rotatable bonds is 1. The van der Waals surface area contributed by atoms with E-state index in [9.17, 15) is 14.0 Å². The molecule has 0 spiro atoms. The Morgan fingerprint density at radius 1 is 1.40 bits per heavy atom. The molecule has 2 amide bonds. The SMILES string of the molecule is O=C1CCC(n2c(=S)[nH]c3cc(I)c(F)cc32)C(=O)N1. The molecule has 1 aromatic heterocycles. The first-order valence-electron chi connectivity index (χ1n) is 5.90. The van der Waals surface area contributed by atoms with E-state index in [2.05, 4.69) is 10.3 Å².